The molecule has 1 aromatic rings. The van der Waals surface area contributed by atoms with E-state index in [0.29, 0.717) is 5.92 Å². The number of nitrogens with zero attached hydrogens (tertiary/aromatic N) is 1. The van der Waals surface area contributed by atoms with Gasteiger partial charge in [0.05, 0.1) is 13.2 Å². The van der Waals surface area contributed by atoms with Gasteiger partial charge in [0.15, 0.2) is 11.5 Å². The Kier molecular flexibility index (Phi) is 5.05. The van der Waals surface area contributed by atoms with Crippen molar-refractivity contribution in [3.8, 4) is 11.5 Å². The third kappa shape index (κ3) is 4.11. The van der Waals surface area contributed by atoms with Crippen LogP contribution in [0.4, 0.5) is 0 Å². The molecule has 4 heteroatoms. The minimum atomic E-state index is 0.519. The minimum absolute atomic E-state index is 0.519. The molecule has 0 aliphatic carbocycles. The van der Waals surface area contributed by atoms with Crippen molar-refractivity contribution in [1.82, 2.24) is 4.90 Å². The lowest BCUT2D eigenvalue weighted by atomic mass is 10.1. The van der Waals surface area contributed by atoms with Gasteiger partial charge >= 0.3 is 0 Å². The Bertz CT molecular complexity index is 409. The Labute approximate surface area is 115 Å². The highest BCUT2D eigenvalue weighted by atomic mass is 16.5. The first kappa shape index (κ1) is 14.2. The van der Waals surface area contributed by atoms with Crippen molar-refractivity contribution in [3.05, 3.63) is 23.8 Å². The third-order valence-corrected chi connectivity index (χ3v) is 3.29. The molecule has 2 N–H and O–H groups in total. The molecule has 106 valence electrons. The molecule has 0 saturated heterocycles. The highest BCUT2D eigenvalue weighted by Crippen LogP contribution is 2.30. The van der Waals surface area contributed by atoms with Crippen molar-refractivity contribution in [2.75, 3.05) is 33.4 Å². The molecule has 0 radical (unpaired) electrons. The van der Waals surface area contributed by atoms with E-state index in [1.807, 2.05) is 6.07 Å². The van der Waals surface area contributed by atoms with Crippen LogP contribution in [0.2, 0.25) is 0 Å². The molecular formula is C15H24N2O2. The number of hydrogen-bond acceptors (Lipinski definition) is 4. The van der Waals surface area contributed by atoms with Crippen LogP contribution in [0.1, 0.15) is 18.9 Å². The second-order valence-corrected chi connectivity index (χ2v) is 5.37. The van der Waals surface area contributed by atoms with Gasteiger partial charge in [-0.2, -0.15) is 0 Å². The van der Waals surface area contributed by atoms with E-state index in [9.17, 15) is 0 Å². The lowest BCUT2D eigenvalue weighted by molar-refractivity contribution is 0.280. The van der Waals surface area contributed by atoms with Gasteiger partial charge in [0.2, 0.25) is 0 Å². The second-order valence-electron chi connectivity index (χ2n) is 5.37. The van der Waals surface area contributed by atoms with Gasteiger partial charge < -0.3 is 20.1 Å². The van der Waals surface area contributed by atoms with E-state index in [1.165, 1.54) is 5.56 Å². The van der Waals surface area contributed by atoms with Crippen molar-refractivity contribution in [2.24, 2.45) is 11.7 Å². The van der Waals surface area contributed by atoms with E-state index < -0.39 is 0 Å². The second kappa shape index (κ2) is 6.78. The van der Waals surface area contributed by atoms with E-state index >= 15 is 0 Å². The molecule has 0 spiro atoms. The summed E-state index contributed by atoms with van der Waals surface area (Å²) < 4.78 is 11.3. The van der Waals surface area contributed by atoms with Gasteiger partial charge in [-0.15, -0.1) is 0 Å². The fraction of sp³-hybridized carbons (Fsp3) is 0.600. The van der Waals surface area contributed by atoms with E-state index in [0.717, 1.165) is 50.8 Å². The van der Waals surface area contributed by atoms with Gasteiger partial charge in [-0.05, 0) is 37.2 Å². The quantitative estimate of drug-likeness (QED) is 0.882. The van der Waals surface area contributed by atoms with Gasteiger partial charge in [-0.25, -0.2) is 0 Å². The Morgan fingerprint density at radius 2 is 2.00 bits per heavy atom. The summed E-state index contributed by atoms with van der Waals surface area (Å²) in [5.74, 6) is 2.25. The Balaban J connectivity index is 1.99. The summed E-state index contributed by atoms with van der Waals surface area (Å²) in [6, 6.07) is 6.21. The fourth-order valence-electron chi connectivity index (χ4n) is 2.29. The van der Waals surface area contributed by atoms with Crippen LogP contribution < -0.4 is 15.2 Å². The molecule has 19 heavy (non-hydrogen) atoms. The Morgan fingerprint density at radius 1 is 1.26 bits per heavy atom. The number of rotatable bonds is 5. The summed E-state index contributed by atoms with van der Waals surface area (Å²) in [5.41, 5.74) is 6.91. The van der Waals surface area contributed by atoms with Crippen LogP contribution in [0.15, 0.2) is 18.2 Å². The molecule has 1 aliphatic rings. The summed E-state index contributed by atoms with van der Waals surface area (Å²) in [5, 5.41) is 0. The van der Waals surface area contributed by atoms with Crippen molar-refractivity contribution < 1.29 is 9.47 Å². The van der Waals surface area contributed by atoms with Crippen molar-refractivity contribution in [1.29, 1.82) is 0 Å². The maximum atomic E-state index is 5.71. The standard InChI is InChI=1S/C15H24N2O2/c1-12(9-16)10-17(2)11-13-4-5-14-15(8-13)19-7-3-6-18-14/h4-5,8,12H,3,6-7,9-11,16H2,1-2H3. The van der Waals surface area contributed by atoms with Crippen LogP contribution in [0.25, 0.3) is 0 Å². The van der Waals surface area contributed by atoms with Gasteiger partial charge in [0.25, 0.3) is 0 Å². The topological polar surface area (TPSA) is 47.7 Å². The molecule has 0 aromatic heterocycles. The number of hydrogen-bond donors (Lipinski definition) is 1. The predicted molar refractivity (Wildman–Crippen MR) is 76.6 cm³/mol. The molecule has 0 bridgehead atoms. The van der Waals surface area contributed by atoms with Crippen LogP contribution in [0, 0.1) is 5.92 Å². The molecule has 1 heterocycles. The lowest BCUT2D eigenvalue weighted by Gasteiger charge is -2.20. The molecule has 1 atom stereocenters. The summed E-state index contributed by atoms with van der Waals surface area (Å²) in [4.78, 5) is 2.29. The molecule has 0 fully saturated rings. The zero-order chi connectivity index (χ0) is 13.7. The van der Waals surface area contributed by atoms with Crippen molar-refractivity contribution in [2.45, 2.75) is 19.9 Å². The average molecular weight is 264 g/mol. The molecule has 1 unspecified atom stereocenters. The van der Waals surface area contributed by atoms with Crippen LogP contribution in [-0.4, -0.2) is 38.3 Å². The zero-order valence-corrected chi connectivity index (χ0v) is 11.9. The van der Waals surface area contributed by atoms with E-state index in [4.69, 9.17) is 15.2 Å². The smallest absolute Gasteiger partial charge is 0.161 e. The van der Waals surface area contributed by atoms with E-state index in [-0.39, 0.29) is 0 Å². The third-order valence-electron chi connectivity index (χ3n) is 3.29. The summed E-state index contributed by atoms with van der Waals surface area (Å²) in [7, 11) is 2.12. The Hall–Kier alpha value is -1.26. The highest BCUT2D eigenvalue weighted by Gasteiger charge is 2.12. The van der Waals surface area contributed by atoms with Crippen LogP contribution in [-0.2, 0) is 6.54 Å². The Morgan fingerprint density at radius 3 is 2.74 bits per heavy atom. The summed E-state index contributed by atoms with van der Waals surface area (Å²) >= 11 is 0. The largest absolute Gasteiger partial charge is 0.490 e. The zero-order valence-electron chi connectivity index (χ0n) is 11.9. The monoisotopic (exact) mass is 264 g/mol. The van der Waals surface area contributed by atoms with Gasteiger partial charge in [0.1, 0.15) is 0 Å². The van der Waals surface area contributed by atoms with Crippen LogP contribution in [0.5, 0.6) is 11.5 Å². The van der Waals surface area contributed by atoms with Gasteiger partial charge in [-0.1, -0.05) is 13.0 Å². The van der Waals surface area contributed by atoms with Crippen LogP contribution >= 0.6 is 0 Å². The number of fused-ring (bicyclic) bond motifs is 1. The van der Waals surface area contributed by atoms with Crippen LogP contribution in [0.3, 0.4) is 0 Å². The molecular weight excluding hydrogens is 240 g/mol. The van der Waals surface area contributed by atoms with Gasteiger partial charge in [-0.3, -0.25) is 0 Å². The molecule has 1 aliphatic heterocycles. The number of nitrogens with two attached hydrogens (primary N) is 1. The SMILES string of the molecule is CC(CN)CN(C)Cc1ccc2c(c1)OCCCO2. The van der Waals surface area contributed by atoms with E-state index in [1.54, 1.807) is 0 Å². The molecule has 4 nitrogen and oxygen atoms in total. The highest BCUT2D eigenvalue weighted by molar-refractivity contribution is 5.43. The first-order valence-electron chi connectivity index (χ1n) is 6.96. The minimum Gasteiger partial charge on any atom is -0.490 e. The molecule has 0 saturated carbocycles. The summed E-state index contributed by atoms with van der Waals surface area (Å²) in [6.07, 6.45) is 0.942. The molecule has 1 aromatic carbocycles. The number of benzene rings is 1. The van der Waals surface area contributed by atoms with Crippen molar-refractivity contribution in [3.63, 3.8) is 0 Å². The van der Waals surface area contributed by atoms with Gasteiger partial charge in [0, 0.05) is 19.5 Å². The first-order valence-corrected chi connectivity index (χ1v) is 6.96. The maximum absolute atomic E-state index is 5.71. The first-order chi connectivity index (χ1) is 9.19. The maximum Gasteiger partial charge on any atom is 0.161 e. The normalized spacial score (nSPS) is 16.2. The molecule has 2 rings (SSSR count). The molecule has 0 amide bonds. The summed E-state index contributed by atoms with van der Waals surface area (Å²) in [6.45, 7) is 6.28. The fourth-order valence-corrected chi connectivity index (χ4v) is 2.29. The van der Waals surface area contributed by atoms with Crippen molar-refractivity contribution >= 4 is 0 Å². The lowest BCUT2D eigenvalue weighted by Crippen LogP contribution is -2.28. The number of ether oxygens (including phenoxy) is 2. The average Bonchev–Trinajstić information content (AvgIpc) is 2.63. The van der Waals surface area contributed by atoms with E-state index in [2.05, 4.69) is 31.0 Å². The predicted octanol–water partition coefficient (Wildman–Crippen LogP) is 1.87.